The van der Waals surface area contributed by atoms with E-state index in [1.54, 1.807) is 23.6 Å². The van der Waals surface area contributed by atoms with Gasteiger partial charge >= 0.3 is 5.69 Å². The maximum atomic E-state index is 13.5. The lowest BCUT2D eigenvalue weighted by Crippen LogP contribution is -2.38. The Morgan fingerprint density at radius 3 is 2.52 bits per heavy atom. The van der Waals surface area contributed by atoms with E-state index < -0.39 is 17.1 Å². The summed E-state index contributed by atoms with van der Waals surface area (Å²) in [6, 6.07) is 12.6. The number of halogens is 3. The highest BCUT2D eigenvalue weighted by Crippen LogP contribution is 2.22. The average molecular weight is 421 g/mol. The van der Waals surface area contributed by atoms with E-state index >= 15 is 0 Å². The van der Waals surface area contributed by atoms with Crippen molar-refractivity contribution in [3.63, 3.8) is 0 Å². The Kier molecular flexibility index (Phi) is 4.63. The molecule has 2 aromatic heterocycles. The third-order valence-electron chi connectivity index (χ3n) is 4.20. The predicted octanol–water partition coefficient (Wildman–Crippen LogP) is 4.71. The number of hydrogen-bond acceptors (Lipinski definition) is 3. The van der Waals surface area contributed by atoms with Gasteiger partial charge in [-0.1, -0.05) is 41.4 Å². The highest BCUT2D eigenvalue weighted by molar-refractivity contribution is 7.17. The van der Waals surface area contributed by atoms with Crippen LogP contribution in [-0.2, 0) is 6.54 Å². The lowest BCUT2D eigenvalue weighted by molar-refractivity contribution is 0.627. The molecule has 4 rings (SSSR count). The Bertz CT molecular complexity index is 1290. The van der Waals surface area contributed by atoms with Gasteiger partial charge in [0.05, 0.1) is 22.8 Å². The van der Waals surface area contributed by atoms with Gasteiger partial charge in [-0.2, -0.15) is 0 Å². The third kappa shape index (κ3) is 3.10. The van der Waals surface area contributed by atoms with Crippen molar-refractivity contribution in [2.45, 2.75) is 6.54 Å². The standard InChI is InChI=1S/C19H11Cl2FN2O2S/c20-13-4-2-1-3-11(13)10-23-16-7-8-27-17(16)18(25)24(19(23)26)12-5-6-15(22)14(21)9-12/h1-9H,10H2. The number of fused-ring (bicyclic) bond motifs is 1. The summed E-state index contributed by atoms with van der Waals surface area (Å²) in [7, 11) is 0. The lowest BCUT2D eigenvalue weighted by Gasteiger charge is -2.13. The molecule has 0 bridgehead atoms. The Balaban J connectivity index is 2.01. The minimum Gasteiger partial charge on any atom is -0.288 e. The maximum absolute atomic E-state index is 13.5. The number of nitrogens with zero attached hydrogens (tertiary/aromatic N) is 2. The zero-order valence-corrected chi connectivity index (χ0v) is 16.0. The molecule has 0 saturated carbocycles. The fourth-order valence-corrected chi connectivity index (χ4v) is 4.08. The Hall–Kier alpha value is -2.41. The van der Waals surface area contributed by atoms with Crippen molar-refractivity contribution in [3.05, 3.63) is 96.2 Å². The quantitative estimate of drug-likeness (QED) is 0.481. The SMILES string of the molecule is O=c1c2sccc2n(Cc2ccccc2Cl)c(=O)n1-c1ccc(F)c(Cl)c1. The Morgan fingerprint density at radius 2 is 1.78 bits per heavy atom. The van der Waals surface area contributed by atoms with E-state index in [9.17, 15) is 14.0 Å². The first kappa shape index (κ1) is 18.0. The van der Waals surface area contributed by atoms with Crippen molar-refractivity contribution in [2.75, 3.05) is 0 Å². The zero-order chi connectivity index (χ0) is 19.1. The van der Waals surface area contributed by atoms with Crippen LogP contribution in [0.4, 0.5) is 4.39 Å². The van der Waals surface area contributed by atoms with Gasteiger partial charge in [0.15, 0.2) is 0 Å². The van der Waals surface area contributed by atoms with Gasteiger partial charge in [0.1, 0.15) is 10.5 Å². The van der Waals surface area contributed by atoms with Crippen LogP contribution in [0.25, 0.3) is 15.9 Å². The summed E-state index contributed by atoms with van der Waals surface area (Å²) < 4.78 is 16.4. The summed E-state index contributed by atoms with van der Waals surface area (Å²) in [5.74, 6) is -0.623. The largest absolute Gasteiger partial charge is 0.336 e. The molecule has 2 aromatic carbocycles. The molecule has 4 nitrogen and oxygen atoms in total. The molecule has 136 valence electrons. The molecule has 27 heavy (non-hydrogen) atoms. The number of hydrogen-bond donors (Lipinski definition) is 0. The van der Waals surface area contributed by atoms with Crippen molar-refractivity contribution in [1.29, 1.82) is 0 Å². The van der Waals surface area contributed by atoms with Crippen LogP contribution in [0, 0.1) is 5.82 Å². The molecule has 0 spiro atoms. The zero-order valence-electron chi connectivity index (χ0n) is 13.7. The first-order valence-electron chi connectivity index (χ1n) is 7.89. The third-order valence-corrected chi connectivity index (χ3v) is 5.75. The number of thiophene rings is 1. The van der Waals surface area contributed by atoms with Gasteiger partial charge in [-0.05, 0) is 41.3 Å². The normalized spacial score (nSPS) is 11.2. The molecule has 0 aliphatic carbocycles. The molecule has 0 amide bonds. The molecule has 0 fully saturated rings. The van der Waals surface area contributed by atoms with Gasteiger partial charge in [-0.3, -0.25) is 9.36 Å². The van der Waals surface area contributed by atoms with Crippen LogP contribution in [0.1, 0.15) is 5.56 Å². The van der Waals surface area contributed by atoms with Crippen molar-refractivity contribution < 1.29 is 4.39 Å². The molecular weight excluding hydrogens is 410 g/mol. The summed E-state index contributed by atoms with van der Waals surface area (Å²) in [4.78, 5) is 26.0. The van der Waals surface area contributed by atoms with E-state index in [-0.39, 0.29) is 17.3 Å². The first-order chi connectivity index (χ1) is 13.0. The van der Waals surface area contributed by atoms with E-state index in [0.717, 1.165) is 16.2 Å². The van der Waals surface area contributed by atoms with E-state index in [2.05, 4.69) is 0 Å². The van der Waals surface area contributed by atoms with Crippen molar-refractivity contribution >= 4 is 44.8 Å². The Morgan fingerprint density at radius 1 is 1.00 bits per heavy atom. The molecule has 0 aliphatic heterocycles. The van der Waals surface area contributed by atoms with Crippen LogP contribution in [0.5, 0.6) is 0 Å². The summed E-state index contributed by atoms with van der Waals surface area (Å²) in [6.45, 7) is 0.195. The first-order valence-corrected chi connectivity index (χ1v) is 9.53. The van der Waals surface area contributed by atoms with Crippen LogP contribution in [0.15, 0.2) is 63.5 Å². The summed E-state index contributed by atoms with van der Waals surface area (Å²) in [5.41, 5.74) is 0.465. The van der Waals surface area contributed by atoms with Crippen molar-refractivity contribution in [2.24, 2.45) is 0 Å². The van der Waals surface area contributed by atoms with E-state index in [4.69, 9.17) is 23.2 Å². The average Bonchev–Trinajstić information content (AvgIpc) is 3.13. The van der Waals surface area contributed by atoms with Gasteiger partial charge in [-0.25, -0.2) is 13.8 Å². The summed E-state index contributed by atoms with van der Waals surface area (Å²) >= 11 is 13.3. The smallest absolute Gasteiger partial charge is 0.288 e. The van der Waals surface area contributed by atoms with Crippen LogP contribution in [-0.4, -0.2) is 9.13 Å². The second-order valence-corrected chi connectivity index (χ2v) is 7.56. The second kappa shape index (κ2) is 6.96. The second-order valence-electron chi connectivity index (χ2n) is 5.83. The van der Waals surface area contributed by atoms with Gasteiger partial charge in [0, 0.05) is 5.02 Å². The van der Waals surface area contributed by atoms with Gasteiger partial charge in [0.25, 0.3) is 5.56 Å². The van der Waals surface area contributed by atoms with Crippen LogP contribution >= 0.6 is 34.5 Å². The van der Waals surface area contributed by atoms with Gasteiger partial charge in [0.2, 0.25) is 0 Å². The molecule has 2 heterocycles. The molecule has 0 unspecified atom stereocenters. The van der Waals surface area contributed by atoms with Crippen LogP contribution in [0.3, 0.4) is 0 Å². The summed E-state index contributed by atoms with van der Waals surface area (Å²) in [6.07, 6.45) is 0. The van der Waals surface area contributed by atoms with Gasteiger partial charge < -0.3 is 0 Å². The lowest BCUT2D eigenvalue weighted by atomic mass is 10.2. The minimum atomic E-state index is -0.623. The van der Waals surface area contributed by atoms with Crippen LogP contribution < -0.4 is 11.2 Å². The monoisotopic (exact) mass is 420 g/mol. The Labute approximate surface area is 166 Å². The predicted molar refractivity (Wildman–Crippen MR) is 107 cm³/mol. The van der Waals surface area contributed by atoms with Gasteiger partial charge in [-0.15, -0.1) is 11.3 Å². The molecule has 0 radical (unpaired) electrons. The molecule has 0 atom stereocenters. The highest BCUT2D eigenvalue weighted by Gasteiger charge is 2.17. The minimum absolute atomic E-state index is 0.164. The number of benzene rings is 2. The number of aromatic nitrogens is 2. The molecule has 4 aromatic rings. The molecule has 0 saturated heterocycles. The fourth-order valence-electron chi connectivity index (χ4n) is 2.89. The number of rotatable bonds is 3. The molecule has 0 N–H and O–H groups in total. The maximum Gasteiger partial charge on any atom is 0.336 e. The van der Waals surface area contributed by atoms with Crippen molar-refractivity contribution in [3.8, 4) is 5.69 Å². The fraction of sp³-hybridized carbons (Fsp3) is 0.0526. The molecule has 0 aliphatic rings. The highest BCUT2D eigenvalue weighted by atomic mass is 35.5. The summed E-state index contributed by atoms with van der Waals surface area (Å²) in [5, 5.41) is 2.11. The topological polar surface area (TPSA) is 44.0 Å². The van der Waals surface area contributed by atoms with E-state index in [1.165, 1.54) is 28.0 Å². The molecular formula is C19H11Cl2FN2O2S. The van der Waals surface area contributed by atoms with E-state index in [0.29, 0.717) is 15.2 Å². The molecule has 8 heteroatoms. The van der Waals surface area contributed by atoms with Crippen molar-refractivity contribution in [1.82, 2.24) is 9.13 Å². The van der Waals surface area contributed by atoms with E-state index in [1.807, 2.05) is 12.1 Å². The van der Waals surface area contributed by atoms with Crippen LogP contribution in [0.2, 0.25) is 10.0 Å².